The first-order chi connectivity index (χ1) is 12.0. The molecule has 1 heterocycles. The molecule has 0 saturated heterocycles. The van der Waals surface area contributed by atoms with Gasteiger partial charge in [0.2, 0.25) is 0 Å². The fourth-order valence-corrected chi connectivity index (χ4v) is 2.71. The van der Waals surface area contributed by atoms with Gasteiger partial charge in [-0.15, -0.1) is 11.3 Å². The van der Waals surface area contributed by atoms with E-state index in [9.17, 15) is 9.18 Å². The van der Waals surface area contributed by atoms with Gasteiger partial charge in [0.1, 0.15) is 11.5 Å². The van der Waals surface area contributed by atoms with E-state index in [4.69, 9.17) is 0 Å². The number of rotatable bonds is 2. The molecule has 0 bridgehead atoms. The minimum Gasteiger partial charge on any atom is -0.322 e. The van der Waals surface area contributed by atoms with Crippen LogP contribution in [0.1, 0.15) is 32.2 Å². The summed E-state index contributed by atoms with van der Waals surface area (Å²) in [4.78, 5) is 16.6. The number of carbonyl (C=O) groups is 1. The number of carbonyl (C=O) groups excluding carboxylic acids is 1. The van der Waals surface area contributed by atoms with E-state index < -0.39 is 11.7 Å². The van der Waals surface area contributed by atoms with E-state index in [0.29, 0.717) is 16.9 Å². The standard InChI is InChI=1S/C20H15FN2OS/c1-13-3-7-16(8-4-13)23-20(24)18-11-15(6-10-19(18)21)5-9-17-12-25-14(2)22-17/h3-4,6-8,10-12H,1-2H3,(H,23,24). The summed E-state index contributed by atoms with van der Waals surface area (Å²) in [6.07, 6.45) is 0. The van der Waals surface area contributed by atoms with E-state index in [2.05, 4.69) is 22.1 Å². The number of nitrogens with zero attached hydrogens (tertiary/aromatic N) is 1. The quantitative estimate of drug-likeness (QED) is 0.689. The second kappa shape index (κ2) is 7.29. The summed E-state index contributed by atoms with van der Waals surface area (Å²) in [5, 5.41) is 5.48. The number of hydrogen-bond donors (Lipinski definition) is 1. The Morgan fingerprint density at radius 1 is 1.12 bits per heavy atom. The number of nitrogens with one attached hydrogen (secondary N) is 1. The van der Waals surface area contributed by atoms with E-state index in [1.807, 2.05) is 31.4 Å². The number of aryl methyl sites for hydroxylation is 2. The second-order valence-corrected chi connectivity index (χ2v) is 6.58. The number of aromatic nitrogens is 1. The Balaban J connectivity index is 1.82. The number of hydrogen-bond acceptors (Lipinski definition) is 3. The van der Waals surface area contributed by atoms with Crippen LogP contribution in [-0.2, 0) is 0 Å². The third-order valence-corrected chi connectivity index (χ3v) is 4.25. The molecule has 0 aliphatic carbocycles. The molecule has 2 aromatic carbocycles. The fraction of sp³-hybridized carbons (Fsp3) is 0.100. The molecule has 3 nitrogen and oxygen atoms in total. The third kappa shape index (κ3) is 4.31. The first kappa shape index (κ1) is 16.9. The smallest absolute Gasteiger partial charge is 0.258 e. The zero-order chi connectivity index (χ0) is 17.8. The van der Waals surface area contributed by atoms with Crippen molar-refractivity contribution in [3.05, 3.63) is 81.1 Å². The zero-order valence-electron chi connectivity index (χ0n) is 13.8. The Morgan fingerprint density at radius 3 is 2.56 bits per heavy atom. The molecule has 3 rings (SSSR count). The summed E-state index contributed by atoms with van der Waals surface area (Å²) in [5.74, 6) is 4.75. The highest BCUT2D eigenvalue weighted by Gasteiger charge is 2.12. The van der Waals surface area contributed by atoms with Crippen molar-refractivity contribution < 1.29 is 9.18 Å². The molecule has 0 unspecified atom stereocenters. The Kier molecular flexibility index (Phi) is 4.92. The molecule has 0 aliphatic heterocycles. The van der Waals surface area contributed by atoms with Crippen LogP contribution in [0, 0.1) is 31.5 Å². The second-order valence-electron chi connectivity index (χ2n) is 5.52. The minimum atomic E-state index is -0.584. The van der Waals surface area contributed by atoms with Crippen LogP contribution < -0.4 is 5.32 Å². The molecule has 0 saturated carbocycles. The highest BCUT2D eigenvalue weighted by atomic mass is 32.1. The molecular formula is C20H15FN2OS. The molecule has 5 heteroatoms. The summed E-state index contributed by atoms with van der Waals surface area (Å²) in [6.45, 7) is 3.86. The van der Waals surface area contributed by atoms with E-state index >= 15 is 0 Å². The predicted molar refractivity (Wildman–Crippen MR) is 98.4 cm³/mol. The molecule has 3 aromatic rings. The van der Waals surface area contributed by atoms with Gasteiger partial charge in [-0.2, -0.15) is 0 Å². The molecule has 1 amide bonds. The average Bonchev–Trinajstić information content (AvgIpc) is 3.01. The van der Waals surface area contributed by atoms with E-state index in [1.165, 1.54) is 23.5 Å². The van der Waals surface area contributed by atoms with Gasteiger partial charge in [0.15, 0.2) is 0 Å². The lowest BCUT2D eigenvalue weighted by Crippen LogP contribution is -2.14. The lowest BCUT2D eigenvalue weighted by molar-refractivity contribution is 0.102. The number of anilines is 1. The molecule has 0 spiro atoms. The predicted octanol–water partition coefficient (Wildman–Crippen LogP) is 4.55. The zero-order valence-corrected chi connectivity index (χ0v) is 14.6. The van der Waals surface area contributed by atoms with Crippen molar-refractivity contribution in [3.63, 3.8) is 0 Å². The van der Waals surface area contributed by atoms with Gasteiger partial charge in [-0.1, -0.05) is 23.6 Å². The van der Waals surface area contributed by atoms with Crippen LogP contribution in [0.25, 0.3) is 0 Å². The first-order valence-corrected chi connectivity index (χ1v) is 8.51. The molecule has 1 aromatic heterocycles. The van der Waals surface area contributed by atoms with Crippen molar-refractivity contribution in [2.75, 3.05) is 5.32 Å². The maximum Gasteiger partial charge on any atom is 0.258 e. The van der Waals surface area contributed by atoms with Crippen molar-refractivity contribution in [1.29, 1.82) is 0 Å². The lowest BCUT2D eigenvalue weighted by Gasteiger charge is -2.07. The summed E-state index contributed by atoms with van der Waals surface area (Å²) >= 11 is 1.51. The van der Waals surface area contributed by atoms with Gasteiger partial charge in [0, 0.05) is 16.6 Å². The fourth-order valence-electron chi connectivity index (χ4n) is 2.17. The molecule has 0 fully saturated rings. The summed E-state index contributed by atoms with van der Waals surface area (Å²) in [5.41, 5.74) is 2.88. The maximum atomic E-state index is 14.0. The van der Waals surface area contributed by atoms with E-state index in [-0.39, 0.29) is 5.56 Å². The van der Waals surface area contributed by atoms with E-state index in [1.54, 1.807) is 18.2 Å². The van der Waals surface area contributed by atoms with Crippen LogP contribution >= 0.6 is 11.3 Å². The number of amides is 1. The van der Waals surface area contributed by atoms with Crippen LogP contribution in [-0.4, -0.2) is 10.9 Å². The van der Waals surface area contributed by atoms with Crippen LogP contribution in [0.15, 0.2) is 47.8 Å². The van der Waals surface area contributed by atoms with Crippen molar-refractivity contribution in [2.24, 2.45) is 0 Å². The third-order valence-electron chi connectivity index (χ3n) is 3.47. The van der Waals surface area contributed by atoms with Gasteiger partial charge < -0.3 is 5.32 Å². The summed E-state index contributed by atoms with van der Waals surface area (Å²) < 4.78 is 14.0. The van der Waals surface area contributed by atoms with Gasteiger partial charge in [-0.05, 0) is 50.1 Å². The Labute approximate surface area is 149 Å². The van der Waals surface area contributed by atoms with Crippen molar-refractivity contribution in [3.8, 4) is 11.8 Å². The first-order valence-electron chi connectivity index (χ1n) is 7.63. The molecule has 124 valence electrons. The topological polar surface area (TPSA) is 42.0 Å². The number of benzene rings is 2. The highest BCUT2D eigenvalue weighted by Crippen LogP contribution is 2.15. The van der Waals surface area contributed by atoms with Gasteiger partial charge in [0.05, 0.1) is 10.6 Å². The molecular weight excluding hydrogens is 335 g/mol. The SMILES string of the molecule is Cc1ccc(NC(=O)c2cc(C#Cc3csc(C)n3)ccc2F)cc1. The Hall–Kier alpha value is -2.97. The van der Waals surface area contributed by atoms with Crippen LogP contribution in [0.3, 0.4) is 0 Å². The van der Waals surface area contributed by atoms with Crippen LogP contribution in [0.5, 0.6) is 0 Å². The van der Waals surface area contributed by atoms with Gasteiger partial charge in [-0.3, -0.25) is 4.79 Å². The largest absolute Gasteiger partial charge is 0.322 e. The number of halogens is 1. The summed E-state index contributed by atoms with van der Waals surface area (Å²) in [6, 6.07) is 11.6. The minimum absolute atomic E-state index is 0.0400. The van der Waals surface area contributed by atoms with Gasteiger partial charge in [-0.25, -0.2) is 9.37 Å². The summed E-state index contributed by atoms with van der Waals surface area (Å²) in [7, 11) is 0. The van der Waals surface area contributed by atoms with Crippen molar-refractivity contribution in [1.82, 2.24) is 4.98 Å². The van der Waals surface area contributed by atoms with Crippen molar-refractivity contribution in [2.45, 2.75) is 13.8 Å². The number of thiazole rings is 1. The van der Waals surface area contributed by atoms with Gasteiger partial charge >= 0.3 is 0 Å². The van der Waals surface area contributed by atoms with Crippen LogP contribution in [0.2, 0.25) is 0 Å². The van der Waals surface area contributed by atoms with E-state index in [0.717, 1.165) is 10.6 Å². The maximum absolute atomic E-state index is 14.0. The monoisotopic (exact) mass is 350 g/mol. The molecule has 0 aliphatic rings. The van der Waals surface area contributed by atoms with Crippen LogP contribution in [0.4, 0.5) is 10.1 Å². The molecule has 0 radical (unpaired) electrons. The lowest BCUT2D eigenvalue weighted by atomic mass is 10.1. The molecule has 1 N–H and O–H groups in total. The van der Waals surface area contributed by atoms with Gasteiger partial charge in [0.25, 0.3) is 5.91 Å². The Morgan fingerprint density at radius 2 is 1.88 bits per heavy atom. The Bertz CT molecular complexity index is 981. The molecule has 0 atom stereocenters. The van der Waals surface area contributed by atoms with Crippen molar-refractivity contribution >= 4 is 22.9 Å². The molecule has 25 heavy (non-hydrogen) atoms. The normalized spacial score (nSPS) is 10.0. The highest BCUT2D eigenvalue weighted by molar-refractivity contribution is 7.09. The average molecular weight is 350 g/mol.